The van der Waals surface area contributed by atoms with Crippen molar-refractivity contribution >= 4 is 0 Å². The third kappa shape index (κ3) is 3.92. The second kappa shape index (κ2) is 7.71. The summed E-state index contributed by atoms with van der Waals surface area (Å²) in [4.78, 5) is 0. The highest BCUT2D eigenvalue weighted by Crippen LogP contribution is 2.28. The van der Waals surface area contributed by atoms with Crippen LogP contribution in [-0.2, 0) is 6.54 Å². The highest BCUT2D eigenvalue weighted by atomic mass is 16.5. The molecule has 0 aliphatic rings. The van der Waals surface area contributed by atoms with Crippen LogP contribution in [-0.4, -0.2) is 20.3 Å². The second-order valence-corrected chi connectivity index (χ2v) is 5.11. The summed E-state index contributed by atoms with van der Waals surface area (Å²) < 4.78 is 16.9. The molecule has 0 atom stereocenters. The molecule has 2 aromatic carbocycles. The first kappa shape index (κ1) is 16.2. The fourth-order valence-electron chi connectivity index (χ4n) is 2.28. The number of ether oxygens (including phenoxy) is 3. The maximum Gasteiger partial charge on any atom is 0.161 e. The third-order valence-corrected chi connectivity index (χ3v) is 3.46. The van der Waals surface area contributed by atoms with Crippen molar-refractivity contribution < 1.29 is 14.2 Å². The average Bonchev–Trinajstić information content (AvgIpc) is 2.53. The molecule has 0 saturated heterocycles. The first-order chi connectivity index (χ1) is 10.7. The number of hydrogen-bond acceptors (Lipinski definition) is 4. The quantitative estimate of drug-likeness (QED) is 0.798. The number of hydrogen-bond donors (Lipinski definition) is 1. The third-order valence-electron chi connectivity index (χ3n) is 3.46. The number of nitrogens with two attached hydrogens (primary N) is 1. The number of benzene rings is 2. The van der Waals surface area contributed by atoms with Gasteiger partial charge in [0.1, 0.15) is 19.0 Å². The molecule has 0 saturated carbocycles. The van der Waals surface area contributed by atoms with Crippen LogP contribution in [0.3, 0.4) is 0 Å². The van der Waals surface area contributed by atoms with Gasteiger partial charge >= 0.3 is 0 Å². The predicted molar refractivity (Wildman–Crippen MR) is 87.8 cm³/mol. The van der Waals surface area contributed by atoms with Gasteiger partial charge in [0, 0.05) is 6.54 Å². The summed E-state index contributed by atoms with van der Waals surface area (Å²) in [6.07, 6.45) is 0. The molecule has 0 bridgehead atoms. The lowest BCUT2D eigenvalue weighted by molar-refractivity contribution is 0.210. The molecule has 0 unspecified atom stereocenters. The molecule has 0 spiro atoms. The van der Waals surface area contributed by atoms with Crippen LogP contribution in [0.5, 0.6) is 17.2 Å². The van der Waals surface area contributed by atoms with Crippen LogP contribution < -0.4 is 19.9 Å². The van der Waals surface area contributed by atoms with Gasteiger partial charge in [-0.1, -0.05) is 24.3 Å². The number of aryl methyl sites for hydroxylation is 2. The van der Waals surface area contributed by atoms with Crippen LogP contribution in [0.15, 0.2) is 36.4 Å². The normalized spacial score (nSPS) is 10.4. The Hall–Kier alpha value is -2.20. The zero-order valence-electron chi connectivity index (χ0n) is 13.4. The molecule has 0 aromatic heterocycles. The molecule has 22 heavy (non-hydrogen) atoms. The molecule has 4 nitrogen and oxygen atoms in total. The first-order valence-electron chi connectivity index (χ1n) is 7.34. The van der Waals surface area contributed by atoms with Crippen LogP contribution in [0.25, 0.3) is 0 Å². The highest BCUT2D eigenvalue weighted by Gasteiger charge is 2.06. The summed E-state index contributed by atoms with van der Waals surface area (Å²) in [7, 11) is 1.62. The molecule has 0 heterocycles. The molecule has 2 rings (SSSR count). The van der Waals surface area contributed by atoms with Gasteiger partial charge in [-0.3, -0.25) is 0 Å². The second-order valence-electron chi connectivity index (χ2n) is 5.11. The van der Waals surface area contributed by atoms with Gasteiger partial charge in [-0.15, -0.1) is 0 Å². The lowest BCUT2D eigenvalue weighted by Crippen LogP contribution is -2.11. The molecule has 0 aliphatic carbocycles. The maximum absolute atomic E-state index is 5.82. The van der Waals surface area contributed by atoms with E-state index in [0.29, 0.717) is 31.3 Å². The number of para-hydroxylation sites is 1. The molecule has 2 N–H and O–H groups in total. The average molecular weight is 301 g/mol. The smallest absolute Gasteiger partial charge is 0.161 e. The summed E-state index contributed by atoms with van der Waals surface area (Å²) in [5.41, 5.74) is 8.89. The van der Waals surface area contributed by atoms with Gasteiger partial charge in [-0.2, -0.15) is 0 Å². The first-order valence-corrected chi connectivity index (χ1v) is 7.34. The van der Waals surface area contributed by atoms with Gasteiger partial charge < -0.3 is 19.9 Å². The summed E-state index contributed by atoms with van der Waals surface area (Å²) in [5.74, 6) is 2.32. The Bertz CT molecular complexity index is 605. The molecule has 0 amide bonds. The Kier molecular flexibility index (Phi) is 5.67. The van der Waals surface area contributed by atoms with Crippen LogP contribution in [0, 0.1) is 13.8 Å². The zero-order chi connectivity index (χ0) is 15.9. The number of methoxy groups -OCH3 is 1. The van der Waals surface area contributed by atoms with E-state index in [1.807, 2.05) is 50.2 Å². The van der Waals surface area contributed by atoms with E-state index in [4.69, 9.17) is 19.9 Å². The van der Waals surface area contributed by atoms with Gasteiger partial charge in [0.05, 0.1) is 7.11 Å². The number of rotatable bonds is 7. The van der Waals surface area contributed by atoms with Crippen molar-refractivity contribution in [2.45, 2.75) is 20.4 Å². The zero-order valence-corrected chi connectivity index (χ0v) is 13.4. The van der Waals surface area contributed by atoms with Crippen LogP contribution >= 0.6 is 0 Å². The van der Waals surface area contributed by atoms with Crippen molar-refractivity contribution in [3.63, 3.8) is 0 Å². The Balaban J connectivity index is 1.91. The topological polar surface area (TPSA) is 53.7 Å². The van der Waals surface area contributed by atoms with E-state index in [1.54, 1.807) is 7.11 Å². The molecule has 2 aromatic rings. The molecule has 0 radical (unpaired) electrons. The van der Waals surface area contributed by atoms with E-state index in [0.717, 1.165) is 22.4 Å². The molecule has 0 fully saturated rings. The monoisotopic (exact) mass is 301 g/mol. The molecule has 0 aliphatic heterocycles. The highest BCUT2D eigenvalue weighted by molar-refractivity contribution is 5.43. The summed E-state index contributed by atoms with van der Waals surface area (Å²) in [5, 5.41) is 0. The Morgan fingerprint density at radius 3 is 2.23 bits per heavy atom. The van der Waals surface area contributed by atoms with Crippen LogP contribution in [0.1, 0.15) is 16.7 Å². The van der Waals surface area contributed by atoms with E-state index in [9.17, 15) is 0 Å². The van der Waals surface area contributed by atoms with E-state index in [-0.39, 0.29) is 0 Å². The Morgan fingerprint density at radius 1 is 0.909 bits per heavy atom. The Labute approximate surface area is 131 Å². The van der Waals surface area contributed by atoms with E-state index >= 15 is 0 Å². The molecule has 118 valence electrons. The fourth-order valence-corrected chi connectivity index (χ4v) is 2.28. The van der Waals surface area contributed by atoms with E-state index in [1.165, 1.54) is 0 Å². The summed E-state index contributed by atoms with van der Waals surface area (Å²) in [6.45, 7) is 5.49. The SMILES string of the molecule is COc1cc(CN)ccc1OCCOc1c(C)cccc1C. The van der Waals surface area contributed by atoms with Gasteiger partial charge in [0.25, 0.3) is 0 Å². The lowest BCUT2D eigenvalue weighted by Gasteiger charge is -2.14. The largest absolute Gasteiger partial charge is 0.493 e. The van der Waals surface area contributed by atoms with Crippen LogP contribution in [0.4, 0.5) is 0 Å². The lowest BCUT2D eigenvalue weighted by atomic mass is 10.1. The van der Waals surface area contributed by atoms with Crippen LogP contribution in [0.2, 0.25) is 0 Å². The minimum Gasteiger partial charge on any atom is -0.493 e. The van der Waals surface area contributed by atoms with Gasteiger partial charge in [0.2, 0.25) is 0 Å². The van der Waals surface area contributed by atoms with Crippen molar-refractivity contribution in [1.82, 2.24) is 0 Å². The van der Waals surface area contributed by atoms with Crippen molar-refractivity contribution in [2.24, 2.45) is 5.73 Å². The summed E-state index contributed by atoms with van der Waals surface area (Å²) in [6, 6.07) is 11.8. The predicted octanol–water partition coefficient (Wildman–Crippen LogP) is 3.23. The van der Waals surface area contributed by atoms with E-state index < -0.39 is 0 Å². The van der Waals surface area contributed by atoms with Gasteiger partial charge in [0.15, 0.2) is 11.5 Å². The minimum absolute atomic E-state index is 0.451. The maximum atomic E-state index is 5.82. The molecular formula is C18H23NO3. The fraction of sp³-hybridized carbons (Fsp3) is 0.333. The van der Waals surface area contributed by atoms with Crippen molar-refractivity contribution in [3.8, 4) is 17.2 Å². The molecule has 4 heteroatoms. The van der Waals surface area contributed by atoms with Crippen molar-refractivity contribution in [3.05, 3.63) is 53.1 Å². The van der Waals surface area contributed by atoms with Crippen molar-refractivity contribution in [1.29, 1.82) is 0 Å². The van der Waals surface area contributed by atoms with E-state index in [2.05, 4.69) is 0 Å². The standard InChI is InChI=1S/C18H23NO3/c1-13-5-4-6-14(2)18(13)22-10-9-21-16-8-7-15(12-19)11-17(16)20-3/h4-8,11H,9-10,12,19H2,1-3H3. The molecular weight excluding hydrogens is 278 g/mol. The van der Waals surface area contributed by atoms with Gasteiger partial charge in [-0.05, 0) is 42.7 Å². The van der Waals surface area contributed by atoms with Crippen molar-refractivity contribution in [2.75, 3.05) is 20.3 Å². The minimum atomic E-state index is 0.451. The Morgan fingerprint density at radius 2 is 1.59 bits per heavy atom. The van der Waals surface area contributed by atoms with Gasteiger partial charge in [-0.25, -0.2) is 0 Å². The summed E-state index contributed by atoms with van der Waals surface area (Å²) >= 11 is 0.